The lowest BCUT2D eigenvalue weighted by molar-refractivity contribution is 0.351. The molecule has 1 atom stereocenters. The molecule has 0 aliphatic heterocycles. The first-order valence-electron chi connectivity index (χ1n) is 4.94. The highest BCUT2D eigenvalue weighted by Gasteiger charge is 2.29. The molecule has 86 valence electrons. The molecule has 0 radical (unpaired) electrons. The lowest BCUT2D eigenvalue weighted by Crippen LogP contribution is -2.42. The van der Waals surface area contributed by atoms with E-state index in [1.54, 1.807) is 6.92 Å². The molecule has 1 unspecified atom stereocenters. The molecule has 0 heterocycles. The number of hydrogen-bond donors (Lipinski definition) is 0. The van der Waals surface area contributed by atoms with Crippen molar-refractivity contribution in [2.45, 2.75) is 45.4 Å². The number of alkyl halides is 1. The molecule has 0 aromatic rings. The topological polar surface area (TPSA) is 37.4 Å². The minimum Gasteiger partial charge on any atom is -0.212 e. The van der Waals surface area contributed by atoms with Crippen molar-refractivity contribution in [1.29, 1.82) is 0 Å². The van der Waals surface area contributed by atoms with Gasteiger partial charge in [0.25, 0.3) is 0 Å². The van der Waals surface area contributed by atoms with E-state index in [-0.39, 0.29) is 11.9 Å². The van der Waals surface area contributed by atoms with Gasteiger partial charge in [-0.05, 0) is 27.2 Å². The molecule has 0 spiro atoms. The average molecular weight is 242 g/mol. The molecule has 0 aliphatic carbocycles. The van der Waals surface area contributed by atoms with Crippen molar-refractivity contribution >= 4 is 21.6 Å². The van der Waals surface area contributed by atoms with Crippen molar-refractivity contribution in [3.05, 3.63) is 0 Å². The second-order valence-corrected chi connectivity index (χ2v) is 6.33. The van der Waals surface area contributed by atoms with E-state index in [9.17, 15) is 8.42 Å². The predicted octanol–water partition coefficient (Wildman–Crippen LogP) is 2.06. The Morgan fingerprint density at radius 3 is 2.07 bits per heavy atom. The molecule has 0 aromatic carbocycles. The Balaban J connectivity index is 4.81. The van der Waals surface area contributed by atoms with Crippen LogP contribution >= 0.6 is 11.6 Å². The second kappa shape index (κ2) is 5.93. The van der Waals surface area contributed by atoms with Crippen molar-refractivity contribution in [1.82, 2.24) is 4.31 Å². The Hall–Kier alpha value is 0.200. The van der Waals surface area contributed by atoms with Crippen molar-refractivity contribution in [2.75, 3.05) is 12.4 Å². The normalized spacial score (nSPS) is 15.1. The highest BCUT2D eigenvalue weighted by Crippen LogP contribution is 2.14. The van der Waals surface area contributed by atoms with Gasteiger partial charge in [0.1, 0.15) is 0 Å². The first kappa shape index (κ1) is 14.2. The van der Waals surface area contributed by atoms with Gasteiger partial charge < -0.3 is 0 Å². The number of nitrogens with zero attached hydrogens (tertiary/aromatic N) is 1. The van der Waals surface area contributed by atoms with Crippen molar-refractivity contribution < 1.29 is 8.42 Å². The fourth-order valence-electron chi connectivity index (χ4n) is 1.21. The highest BCUT2D eigenvalue weighted by molar-refractivity contribution is 7.89. The zero-order chi connectivity index (χ0) is 11.4. The third kappa shape index (κ3) is 3.41. The van der Waals surface area contributed by atoms with E-state index >= 15 is 0 Å². The van der Waals surface area contributed by atoms with Gasteiger partial charge in [0.05, 0.1) is 5.25 Å². The molecule has 0 aromatic heterocycles. The van der Waals surface area contributed by atoms with E-state index in [0.29, 0.717) is 6.54 Å². The SMILES string of the molecule is CCCN(C(C)C)S(=O)(=O)C(C)CCl. The van der Waals surface area contributed by atoms with E-state index in [0.717, 1.165) is 6.42 Å². The van der Waals surface area contributed by atoms with Crippen LogP contribution in [0.3, 0.4) is 0 Å². The summed E-state index contributed by atoms with van der Waals surface area (Å²) in [4.78, 5) is 0. The third-order valence-electron chi connectivity index (χ3n) is 2.07. The number of rotatable bonds is 6. The van der Waals surface area contributed by atoms with Crippen molar-refractivity contribution in [3.8, 4) is 0 Å². The Bertz CT molecular complexity index is 252. The van der Waals surface area contributed by atoms with Crippen LogP contribution in [0, 0.1) is 0 Å². The minimum atomic E-state index is -3.21. The van der Waals surface area contributed by atoms with Crippen molar-refractivity contribution in [2.24, 2.45) is 0 Å². The highest BCUT2D eigenvalue weighted by atomic mass is 35.5. The molecule has 0 saturated carbocycles. The molecule has 3 nitrogen and oxygen atoms in total. The molecular formula is C9H20ClNO2S. The number of sulfonamides is 1. The van der Waals surface area contributed by atoms with Crippen LogP contribution in [-0.2, 0) is 10.0 Å². The molecule has 0 N–H and O–H groups in total. The summed E-state index contributed by atoms with van der Waals surface area (Å²) >= 11 is 5.58. The number of halogens is 1. The molecular weight excluding hydrogens is 222 g/mol. The summed E-state index contributed by atoms with van der Waals surface area (Å²) in [5.74, 6) is 0.148. The summed E-state index contributed by atoms with van der Waals surface area (Å²) in [7, 11) is -3.21. The first-order valence-corrected chi connectivity index (χ1v) is 6.98. The van der Waals surface area contributed by atoms with Crippen LogP contribution < -0.4 is 0 Å². The molecule has 0 amide bonds. The molecule has 5 heteroatoms. The van der Waals surface area contributed by atoms with E-state index in [1.165, 1.54) is 4.31 Å². The standard InChI is InChI=1S/C9H20ClNO2S/c1-5-6-11(8(2)3)14(12,13)9(4)7-10/h8-9H,5-7H2,1-4H3. The van der Waals surface area contributed by atoms with Crippen LogP contribution in [0.2, 0.25) is 0 Å². The quantitative estimate of drug-likeness (QED) is 0.668. The minimum absolute atomic E-state index is 0.00520. The van der Waals surface area contributed by atoms with Crippen LogP contribution in [0.1, 0.15) is 34.1 Å². The maximum absolute atomic E-state index is 11.9. The Labute approximate surface area is 92.5 Å². The zero-order valence-corrected chi connectivity index (χ0v) is 10.9. The van der Waals surface area contributed by atoms with Gasteiger partial charge in [0.2, 0.25) is 10.0 Å². The lowest BCUT2D eigenvalue weighted by Gasteiger charge is -2.27. The van der Waals surface area contributed by atoms with E-state index in [4.69, 9.17) is 11.6 Å². The monoisotopic (exact) mass is 241 g/mol. The first-order chi connectivity index (χ1) is 6.37. The molecule has 0 saturated heterocycles. The number of hydrogen-bond acceptors (Lipinski definition) is 2. The van der Waals surface area contributed by atoms with Gasteiger partial charge in [-0.15, -0.1) is 11.6 Å². The van der Waals surface area contributed by atoms with Crippen LogP contribution in [0.5, 0.6) is 0 Å². The largest absolute Gasteiger partial charge is 0.218 e. The third-order valence-corrected chi connectivity index (χ3v) is 5.16. The molecule has 14 heavy (non-hydrogen) atoms. The smallest absolute Gasteiger partial charge is 0.212 e. The van der Waals surface area contributed by atoms with Crippen LogP contribution in [0.15, 0.2) is 0 Å². The van der Waals surface area contributed by atoms with E-state index in [1.807, 2.05) is 20.8 Å². The summed E-state index contributed by atoms with van der Waals surface area (Å²) in [6.07, 6.45) is 0.826. The van der Waals surface area contributed by atoms with Gasteiger partial charge in [-0.1, -0.05) is 6.92 Å². The Morgan fingerprint density at radius 1 is 1.29 bits per heavy atom. The predicted molar refractivity (Wildman–Crippen MR) is 61.2 cm³/mol. The van der Waals surface area contributed by atoms with E-state index < -0.39 is 15.3 Å². The van der Waals surface area contributed by atoms with Gasteiger partial charge in [-0.3, -0.25) is 0 Å². The zero-order valence-electron chi connectivity index (χ0n) is 9.33. The summed E-state index contributed by atoms with van der Waals surface area (Å²) < 4.78 is 25.4. The van der Waals surface area contributed by atoms with Gasteiger partial charge in [0, 0.05) is 18.5 Å². The van der Waals surface area contributed by atoms with Crippen LogP contribution in [-0.4, -0.2) is 36.4 Å². The maximum atomic E-state index is 11.9. The van der Waals surface area contributed by atoms with Gasteiger partial charge in [-0.25, -0.2) is 8.42 Å². The molecule has 0 rings (SSSR count). The maximum Gasteiger partial charge on any atom is 0.218 e. The fourth-order valence-corrected chi connectivity index (χ4v) is 3.33. The molecule has 0 aliphatic rings. The Kier molecular flexibility index (Phi) is 6.02. The summed E-state index contributed by atoms with van der Waals surface area (Å²) in [6.45, 7) is 7.95. The summed E-state index contributed by atoms with van der Waals surface area (Å²) in [6, 6.07) is 0.00520. The Morgan fingerprint density at radius 2 is 1.79 bits per heavy atom. The van der Waals surface area contributed by atoms with Gasteiger partial charge in [-0.2, -0.15) is 4.31 Å². The van der Waals surface area contributed by atoms with Crippen molar-refractivity contribution in [3.63, 3.8) is 0 Å². The summed E-state index contributed by atoms with van der Waals surface area (Å²) in [5.41, 5.74) is 0. The van der Waals surface area contributed by atoms with Gasteiger partial charge in [0.15, 0.2) is 0 Å². The second-order valence-electron chi connectivity index (χ2n) is 3.71. The van der Waals surface area contributed by atoms with Crippen LogP contribution in [0.25, 0.3) is 0 Å². The van der Waals surface area contributed by atoms with Crippen LogP contribution in [0.4, 0.5) is 0 Å². The molecule has 0 bridgehead atoms. The summed E-state index contributed by atoms with van der Waals surface area (Å²) in [5, 5.41) is -0.502. The fraction of sp³-hybridized carbons (Fsp3) is 1.00. The molecule has 0 fully saturated rings. The average Bonchev–Trinajstić information content (AvgIpc) is 2.11. The van der Waals surface area contributed by atoms with Gasteiger partial charge >= 0.3 is 0 Å². The lowest BCUT2D eigenvalue weighted by atomic mass is 10.4. The van der Waals surface area contributed by atoms with E-state index in [2.05, 4.69) is 0 Å².